The molecule has 7 heteroatoms. The molecule has 2 atom stereocenters. The normalized spacial score (nSPS) is 23.2. The zero-order valence-corrected chi connectivity index (χ0v) is 9.74. The first-order valence-corrected chi connectivity index (χ1v) is 5.65. The van der Waals surface area contributed by atoms with E-state index in [1.807, 2.05) is 0 Å². The van der Waals surface area contributed by atoms with Gasteiger partial charge in [0.1, 0.15) is 12.1 Å². The van der Waals surface area contributed by atoms with Gasteiger partial charge in [-0.25, -0.2) is 4.79 Å². The summed E-state index contributed by atoms with van der Waals surface area (Å²) in [6, 6.07) is -1.64. The Labute approximate surface area is 99.0 Å². The molecule has 0 saturated carbocycles. The molecule has 1 fully saturated rings. The van der Waals surface area contributed by atoms with Crippen LogP contribution in [0.25, 0.3) is 10.4 Å². The number of nitrogens with zero attached hydrogens (tertiary/aromatic N) is 4. The van der Waals surface area contributed by atoms with E-state index in [1.54, 1.807) is 0 Å². The molecule has 0 bridgehead atoms. The van der Waals surface area contributed by atoms with Crippen LogP contribution in [0.2, 0.25) is 0 Å². The summed E-state index contributed by atoms with van der Waals surface area (Å²) < 4.78 is 0. The van der Waals surface area contributed by atoms with Crippen molar-refractivity contribution in [2.45, 2.75) is 44.7 Å². The zero-order chi connectivity index (χ0) is 12.8. The first-order valence-electron chi connectivity index (χ1n) is 5.65. The first-order chi connectivity index (χ1) is 8.07. The third-order valence-electron chi connectivity index (χ3n) is 2.96. The first kappa shape index (κ1) is 13.3. The molecule has 1 aliphatic heterocycles. The Morgan fingerprint density at radius 3 is 2.88 bits per heavy atom. The number of hydrogen-bond donors (Lipinski definition) is 1. The van der Waals surface area contributed by atoms with Gasteiger partial charge in [-0.3, -0.25) is 4.79 Å². The molecule has 1 heterocycles. The smallest absolute Gasteiger partial charge is 0.326 e. The van der Waals surface area contributed by atoms with Crippen molar-refractivity contribution in [2.24, 2.45) is 5.11 Å². The fraction of sp³-hybridized carbons (Fsp3) is 0.800. The second-order valence-corrected chi connectivity index (χ2v) is 4.12. The molecule has 1 saturated heterocycles. The number of carbonyl (C=O) groups excluding carboxylic acids is 1. The topological polar surface area (TPSA) is 106 Å². The van der Waals surface area contributed by atoms with Crippen LogP contribution in [0.1, 0.15) is 32.6 Å². The molecule has 1 N–H and O–H groups in total. The molecule has 0 aliphatic carbocycles. The average molecular weight is 240 g/mol. The Morgan fingerprint density at radius 2 is 2.29 bits per heavy atom. The summed E-state index contributed by atoms with van der Waals surface area (Å²) in [5, 5.41) is 12.4. The summed E-state index contributed by atoms with van der Waals surface area (Å²) in [6.45, 7) is 1.87. The molecule has 2 unspecified atom stereocenters. The van der Waals surface area contributed by atoms with E-state index in [2.05, 4.69) is 10.0 Å². The zero-order valence-electron chi connectivity index (χ0n) is 9.74. The van der Waals surface area contributed by atoms with Crippen molar-refractivity contribution in [3.63, 3.8) is 0 Å². The van der Waals surface area contributed by atoms with Crippen LogP contribution in [0.3, 0.4) is 0 Å². The molecule has 7 nitrogen and oxygen atoms in total. The van der Waals surface area contributed by atoms with Crippen LogP contribution < -0.4 is 0 Å². The molecule has 17 heavy (non-hydrogen) atoms. The van der Waals surface area contributed by atoms with Crippen molar-refractivity contribution < 1.29 is 14.7 Å². The molecule has 0 aromatic rings. The van der Waals surface area contributed by atoms with E-state index in [1.165, 1.54) is 11.8 Å². The summed E-state index contributed by atoms with van der Waals surface area (Å²) in [4.78, 5) is 26.9. The average Bonchev–Trinajstić information content (AvgIpc) is 2.28. The van der Waals surface area contributed by atoms with Crippen LogP contribution in [0.15, 0.2) is 5.11 Å². The van der Waals surface area contributed by atoms with Crippen molar-refractivity contribution in [3.8, 4) is 0 Å². The van der Waals surface area contributed by atoms with Crippen LogP contribution >= 0.6 is 0 Å². The number of carbonyl (C=O) groups is 2. The van der Waals surface area contributed by atoms with Gasteiger partial charge in [0.15, 0.2) is 0 Å². The van der Waals surface area contributed by atoms with Gasteiger partial charge in [-0.1, -0.05) is 18.0 Å². The third-order valence-corrected chi connectivity index (χ3v) is 2.96. The minimum Gasteiger partial charge on any atom is -0.480 e. The molecular formula is C10H16N4O3. The molecule has 1 amide bonds. The number of aliphatic carboxylic acids is 1. The van der Waals surface area contributed by atoms with Gasteiger partial charge in [0.25, 0.3) is 0 Å². The van der Waals surface area contributed by atoms with E-state index in [0.717, 1.165) is 19.3 Å². The maximum absolute atomic E-state index is 12.0. The van der Waals surface area contributed by atoms with Crippen LogP contribution in [0.5, 0.6) is 0 Å². The Balaban J connectivity index is 2.88. The Hall–Kier alpha value is -1.75. The lowest BCUT2D eigenvalue weighted by molar-refractivity contribution is -0.150. The van der Waals surface area contributed by atoms with E-state index in [-0.39, 0.29) is 5.91 Å². The number of hydrogen-bond acceptors (Lipinski definition) is 3. The lowest BCUT2D eigenvalue weighted by atomic mass is 10.0. The maximum Gasteiger partial charge on any atom is 0.326 e. The Bertz CT molecular complexity index is 351. The summed E-state index contributed by atoms with van der Waals surface area (Å²) in [5.74, 6) is -1.42. The maximum atomic E-state index is 12.0. The van der Waals surface area contributed by atoms with Crippen molar-refractivity contribution in [2.75, 3.05) is 6.54 Å². The molecule has 1 aliphatic rings. The van der Waals surface area contributed by atoms with Gasteiger partial charge in [-0.05, 0) is 25.3 Å². The predicted molar refractivity (Wildman–Crippen MR) is 60.2 cm³/mol. The number of likely N-dealkylation sites (tertiary alicyclic amines) is 1. The number of carboxylic acids is 1. The highest BCUT2D eigenvalue weighted by Gasteiger charge is 2.31. The summed E-state index contributed by atoms with van der Waals surface area (Å²) >= 11 is 0. The van der Waals surface area contributed by atoms with Crippen LogP contribution in [0.4, 0.5) is 0 Å². The minimum atomic E-state index is -1.04. The van der Waals surface area contributed by atoms with Gasteiger partial charge in [0.05, 0.1) is 0 Å². The third kappa shape index (κ3) is 3.35. The van der Waals surface area contributed by atoms with Crippen LogP contribution in [0, 0.1) is 0 Å². The van der Waals surface area contributed by atoms with E-state index >= 15 is 0 Å². The second kappa shape index (κ2) is 6.10. The van der Waals surface area contributed by atoms with Crippen molar-refractivity contribution in [3.05, 3.63) is 10.4 Å². The van der Waals surface area contributed by atoms with Crippen LogP contribution in [-0.2, 0) is 9.59 Å². The lowest BCUT2D eigenvalue weighted by Gasteiger charge is -2.30. The van der Waals surface area contributed by atoms with Gasteiger partial charge in [0.2, 0.25) is 5.91 Å². The van der Waals surface area contributed by atoms with Gasteiger partial charge in [-0.15, -0.1) is 0 Å². The van der Waals surface area contributed by atoms with E-state index < -0.39 is 18.1 Å². The number of amides is 1. The minimum absolute atomic E-state index is 0.377. The molecule has 1 rings (SSSR count). The highest BCUT2D eigenvalue weighted by Crippen LogP contribution is 2.17. The van der Waals surface area contributed by atoms with Crippen molar-refractivity contribution in [1.82, 2.24) is 4.90 Å². The van der Waals surface area contributed by atoms with Gasteiger partial charge < -0.3 is 10.0 Å². The molecular weight excluding hydrogens is 224 g/mol. The standard InChI is InChI=1S/C10H16N4O3/c1-7(10(16)17)14-6-4-2-3-5-8(9(14)15)12-13-11/h7-8H,2-6H2,1H3,(H,16,17). The van der Waals surface area contributed by atoms with E-state index in [9.17, 15) is 9.59 Å². The fourth-order valence-corrected chi connectivity index (χ4v) is 1.91. The Kier molecular flexibility index (Phi) is 4.78. The number of rotatable bonds is 3. The monoisotopic (exact) mass is 240 g/mol. The van der Waals surface area contributed by atoms with Gasteiger partial charge in [-0.2, -0.15) is 0 Å². The van der Waals surface area contributed by atoms with E-state index in [4.69, 9.17) is 10.6 Å². The summed E-state index contributed by atoms with van der Waals surface area (Å²) in [6.07, 6.45) is 3.01. The number of azide groups is 1. The van der Waals surface area contributed by atoms with Gasteiger partial charge in [0, 0.05) is 11.5 Å². The highest BCUT2D eigenvalue weighted by atomic mass is 16.4. The van der Waals surface area contributed by atoms with Gasteiger partial charge >= 0.3 is 5.97 Å². The quantitative estimate of drug-likeness (QED) is 0.459. The van der Waals surface area contributed by atoms with E-state index in [0.29, 0.717) is 13.0 Å². The molecule has 0 radical (unpaired) electrons. The molecule has 0 aromatic carbocycles. The number of carboxylic acid groups (broad SMARTS) is 1. The SMILES string of the molecule is CC(C(=O)O)N1CCCCCC(N=[N+]=[N-])C1=O. The van der Waals surface area contributed by atoms with Crippen LogP contribution in [-0.4, -0.2) is 40.5 Å². The fourth-order valence-electron chi connectivity index (χ4n) is 1.91. The molecule has 0 aromatic heterocycles. The second-order valence-electron chi connectivity index (χ2n) is 4.12. The largest absolute Gasteiger partial charge is 0.480 e. The predicted octanol–water partition coefficient (Wildman–Crippen LogP) is 1.54. The lowest BCUT2D eigenvalue weighted by Crippen LogP contribution is -2.48. The van der Waals surface area contributed by atoms with Crippen molar-refractivity contribution in [1.29, 1.82) is 0 Å². The molecule has 0 spiro atoms. The molecule has 94 valence electrons. The summed E-state index contributed by atoms with van der Waals surface area (Å²) in [5.41, 5.74) is 8.40. The highest BCUT2D eigenvalue weighted by molar-refractivity contribution is 5.87. The van der Waals surface area contributed by atoms with Crippen molar-refractivity contribution >= 4 is 11.9 Å². The summed E-state index contributed by atoms with van der Waals surface area (Å²) in [7, 11) is 0. The Morgan fingerprint density at radius 1 is 1.59 bits per heavy atom.